The lowest BCUT2D eigenvalue weighted by molar-refractivity contribution is 0.423. The van der Waals surface area contributed by atoms with Gasteiger partial charge in [-0.2, -0.15) is 5.10 Å². The van der Waals surface area contributed by atoms with Gasteiger partial charge in [0, 0.05) is 29.9 Å². The third-order valence-electron chi connectivity index (χ3n) is 3.45. The molecule has 0 unspecified atom stereocenters. The highest BCUT2D eigenvalue weighted by Gasteiger charge is 2.24. The highest BCUT2D eigenvalue weighted by molar-refractivity contribution is 5.24. The maximum absolute atomic E-state index is 4.67. The Morgan fingerprint density at radius 2 is 1.94 bits per heavy atom. The van der Waals surface area contributed by atoms with E-state index < -0.39 is 0 Å². The maximum atomic E-state index is 4.67. The number of nitrogens with zero attached hydrogens (tertiary/aromatic N) is 2. The molecule has 1 aromatic heterocycles. The molecule has 1 aliphatic rings. The molecule has 1 N–H and O–H groups in total. The van der Waals surface area contributed by atoms with Crippen molar-refractivity contribution in [2.75, 3.05) is 0 Å². The lowest BCUT2D eigenvalue weighted by Gasteiger charge is -2.20. The first kappa shape index (κ1) is 12.6. The van der Waals surface area contributed by atoms with Crippen molar-refractivity contribution in [3.05, 3.63) is 17.0 Å². The Labute approximate surface area is 105 Å². The van der Waals surface area contributed by atoms with Crippen LogP contribution in [0.15, 0.2) is 0 Å². The minimum absolute atomic E-state index is 0.164. The van der Waals surface area contributed by atoms with Gasteiger partial charge in [0.1, 0.15) is 0 Å². The number of nitrogens with one attached hydrogen (secondary N) is 1. The molecular weight excluding hydrogens is 210 g/mol. The van der Waals surface area contributed by atoms with Crippen LogP contribution in [-0.2, 0) is 13.1 Å². The molecule has 17 heavy (non-hydrogen) atoms. The summed E-state index contributed by atoms with van der Waals surface area (Å²) in [5.41, 5.74) is 4.06. The molecule has 2 rings (SSSR count). The molecule has 1 saturated carbocycles. The first-order valence-electron chi connectivity index (χ1n) is 6.65. The number of hydrogen-bond donors (Lipinski definition) is 1. The quantitative estimate of drug-likeness (QED) is 0.869. The van der Waals surface area contributed by atoms with E-state index in [1.807, 2.05) is 0 Å². The first-order valence-corrected chi connectivity index (χ1v) is 6.65. The van der Waals surface area contributed by atoms with Crippen molar-refractivity contribution < 1.29 is 0 Å². The summed E-state index contributed by atoms with van der Waals surface area (Å²) >= 11 is 0. The van der Waals surface area contributed by atoms with Gasteiger partial charge in [-0.3, -0.25) is 4.68 Å². The Morgan fingerprint density at radius 1 is 1.29 bits per heavy atom. The molecule has 3 nitrogen and oxygen atoms in total. The van der Waals surface area contributed by atoms with Gasteiger partial charge in [0.05, 0.1) is 5.69 Å². The minimum atomic E-state index is 0.164. The van der Waals surface area contributed by atoms with E-state index in [0.29, 0.717) is 0 Å². The van der Waals surface area contributed by atoms with Gasteiger partial charge >= 0.3 is 0 Å². The van der Waals surface area contributed by atoms with Crippen molar-refractivity contribution in [1.82, 2.24) is 15.1 Å². The molecule has 1 aliphatic carbocycles. The fourth-order valence-corrected chi connectivity index (χ4v) is 2.07. The Bertz CT molecular complexity index is 394. The fraction of sp³-hybridized carbons (Fsp3) is 0.786. The van der Waals surface area contributed by atoms with Crippen molar-refractivity contribution in [2.24, 2.45) is 5.92 Å². The molecule has 0 amide bonds. The lowest BCUT2D eigenvalue weighted by atomic mass is 10.1. The van der Waals surface area contributed by atoms with Crippen molar-refractivity contribution in [3.8, 4) is 0 Å². The van der Waals surface area contributed by atoms with Gasteiger partial charge in [-0.15, -0.1) is 0 Å². The van der Waals surface area contributed by atoms with Crippen LogP contribution < -0.4 is 5.32 Å². The summed E-state index contributed by atoms with van der Waals surface area (Å²) in [5.74, 6) is 0.886. The van der Waals surface area contributed by atoms with Gasteiger partial charge in [0.2, 0.25) is 0 Å². The van der Waals surface area contributed by atoms with Crippen LogP contribution in [0.1, 0.15) is 50.6 Å². The fourth-order valence-electron chi connectivity index (χ4n) is 2.07. The highest BCUT2D eigenvalue weighted by atomic mass is 15.3. The molecule has 3 heteroatoms. The molecule has 0 aliphatic heterocycles. The summed E-state index contributed by atoms with van der Waals surface area (Å²) in [6.07, 6.45) is 2.77. The molecule has 0 radical (unpaired) electrons. The molecule has 0 spiro atoms. The molecule has 0 saturated heterocycles. The van der Waals surface area contributed by atoms with Gasteiger partial charge < -0.3 is 5.32 Å². The molecular formula is C14H25N3. The molecule has 1 aromatic rings. The molecule has 1 heterocycles. The van der Waals surface area contributed by atoms with Crippen LogP contribution in [0, 0.1) is 19.8 Å². The Kier molecular flexibility index (Phi) is 3.30. The SMILES string of the molecule is Cc1nn(CC2CC2)c(C)c1CNC(C)(C)C. The van der Waals surface area contributed by atoms with E-state index in [0.717, 1.165) is 19.0 Å². The summed E-state index contributed by atoms with van der Waals surface area (Å²) in [7, 11) is 0. The van der Waals surface area contributed by atoms with E-state index >= 15 is 0 Å². The second-order valence-electron chi connectivity index (χ2n) is 6.38. The van der Waals surface area contributed by atoms with Crippen molar-refractivity contribution in [2.45, 2.75) is 66.1 Å². The molecule has 0 bridgehead atoms. The van der Waals surface area contributed by atoms with Crippen molar-refractivity contribution in [1.29, 1.82) is 0 Å². The molecule has 0 atom stereocenters. The number of aryl methyl sites for hydroxylation is 1. The second kappa shape index (κ2) is 4.45. The van der Waals surface area contributed by atoms with Crippen LogP contribution in [0.4, 0.5) is 0 Å². The van der Waals surface area contributed by atoms with Crippen molar-refractivity contribution in [3.63, 3.8) is 0 Å². The summed E-state index contributed by atoms with van der Waals surface area (Å²) in [6.45, 7) is 13.0. The first-order chi connectivity index (χ1) is 7.87. The zero-order valence-electron chi connectivity index (χ0n) is 11.8. The van der Waals surface area contributed by atoms with Crippen LogP contribution in [0.3, 0.4) is 0 Å². The third-order valence-corrected chi connectivity index (χ3v) is 3.45. The van der Waals surface area contributed by atoms with Crippen LogP contribution in [0.2, 0.25) is 0 Å². The van der Waals surface area contributed by atoms with E-state index in [1.54, 1.807) is 0 Å². The number of aromatic nitrogens is 2. The van der Waals surface area contributed by atoms with E-state index in [4.69, 9.17) is 0 Å². The average Bonchev–Trinajstić information content (AvgIpc) is 2.94. The zero-order valence-corrected chi connectivity index (χ0v) is 11.8. The third kappa shape index (κ3) is 3.32. The largest absolute Gasteiger partial charge is 0.308 e. The van der Waals surface area contributed by atoms with Crippen molar-refractivity contribution >= 4 is 0 Å². The minimum Gasteiger partial charge on any atom is -0.308 e. The van der Waals surface area contributed by atoms with Gasteiger partial charge in [-0.25, -0.2) is 0 Å². The summed E-state index contributed by atoms with van der Waals surface area (Å²) < 4.78 is 2.20. The number of hydrogen-bond acceptors (Lipinski definition) is 2. The predicted octanol–water partition coefficient (Wildman–Crippen LogP) is 2.80. The summed E-state index contributed by atoms with van der Waals surface area (Å²) in [4.78, 5) is 0. The maximum Gasteiger partial charge on any atom is 0.0641 e. The molecule has 0 aromatic carbocycles. The van der Waals surface area contributed by atoms with Gasteiger partial charge in [-0.05, 0) is 53.4 Å². The smallest absolute Gasteiger partial charge is 0.0641 e. The standard InChI is InChI=1S/C14H25N3/c1-10-13(8-15-14(3,4)5)11(2)17(16-10)9-12-6-7-12/h12,15H,6-9H2,1-5H3. The highest BCUT2D eigenvalue weighted by Crippen LogP contribution is 2.31. The molecule has 1 fully saturated rings. The summed E-state index contributed by atoms with van der Waals surface area (Å²) in [6, 6.07) is 0. The van der Waals surface area contributed by atoms with Crippen LogP contribution in [0.25, 0.3) is 0 Å². The van der Waals surface area contributed by atoms with Gasteiger partial charge in [0.15, 0.2) is 0 Å². The Hall–Kier alpha value is -0.830. The topological polar surface area (TPSA) is 29.9 Å². The normalized spacial score (nSPS) is 16.5. The van der Waals surface area contributed by atoms with Gasteiger partial charge in [0.25, 0.3) is 0 Å². The lowest BCUT2D eigenvalue weighted by Crippen LogP contribution is -2.35. The van der Waals surface area contributed by atoms with Crippen LogP contribution in [0.5, 0.6) is 0 Å². The zero-order chi connectivity index (χ0) is 12.6. The number of rotatable bonds is 4. The second-order valence-corrected chi connectivity index (χ2v) is 6.38. The van der Waals surface area contributed by atoms with E-state index in [2.05, 4.69) is 49.7 Å². The Balaban J connectivity index is 2.07. The van der Waals surface area contributed by atoms with Crippen LogP contribution >= 0.6 is 0 Å². The van der Waals surface area contributed by atoms with E-state index in [1.165, 1.54) is 29.8 Å². The van der Waals surface area contributed by atoms with E-state index in [9.17, 15) is 0 Å². The average molecular weight is 235 g/mol. The van der Waals surface area contributed by atoms with Crippen LogP contribution in [-0.4, -0.2) is 15.3 Å². The van der Waals surface area contributed by atoms with Gasteiger partial charge in [-0.1, -0.05) is 0 Å². The van der Waals surface area contributed by atoms with E-state index in [-0.39, 0.29) is 5.54 Å². The predicted molar refractivity (Wildman–Crippen MR) is 71.0 cm³/mol. The summed E-state index contributed by atoms with van der Waals surface area (Å²) in [5, 5.41) is 8.22. The molecule has 96 valence electrons. The Morgan fingerprint density at radius 3 is 2.47 bits per heavy atom. The monoisotopic (exact) mass is 235 g/mol.